The molecule has 0 saturated carbocycles. The first-order valence-electron chi connectivity index (χ1n) is 6.73. The fourth-order valence-electron chi connectivity index (χ4n) is 2.58. The van der Waals surface area contributed by atoms with Crippen LogP contribution in [-0.2, 0) is 20.6 Å². The summed E-state index contributed by atoms with van der Waals surface area (Å²) >= 11 is 0. The molecule has 0 amide bonds. The Labute approximate surface area is 112 Å². The number of aliphatic hydroxyl groups is 1. The van der Waals surface area contributed by atoms with Gasteiger partial charge in [0.2, 0.25) is 0 Å². The van der Waals surface area contributed by atoms with Crippen molar-refractivity contribution in [3.05, 3.63) is 23.7 Å². The Bertz CT molecular complexity index is 444. The van der Waals surface area contributed by atoms with Gasteiger partial charge in [-0.05, 0) is 32.4 Å². The lowest BCUT2D eigenvalue weighted by atomic mass is 10.1. The lowest BCUT2D eigenvalue weighted by molar-refractivity contribution is -0.171. The van der Waals surface area contributed by atoms with Crippen molar-refractivity contribution in [1.29, 1.82) is 0 Å². The van der Waals surface area contributed by atoms with E-state index in [2.05, 4.69) is 0 Å². The van der Waals surface area contributed by atoms with Gasteiger partial charge in [-0.3, -0.25) is 0 Å². The zero-order valence-electron chi connectivity index (χ0n) is 11.3. The van der Waals surface area contributed by atoms with Crippen LogP contribution in [0.4, 0.5) is 0 Å². The third kappa shape index (κ3) is 2.84. The molecule has 19 heavy (non-hydrogen) atoms. The Balaban J connectivity index is 1.67. The van der Waals surface area contributed by atoms with Crippen LogP contribution in [0, 0.1) is 0 Å². The summed E-state index contributed by atoms with van der Waals surface area (Å²) in [6, 6.07) is 3.74. The van der Waals surface area contributed by atoms with E-state index in [0.717, 1.165) is 12.2 Å². The third-order valence-corrected chi connectivity index (χ3v) is 3.54. The Morgan fingerprint density at radius 2 is 2.16 bits per heavy atom. The van der Waals surface area contributed by atoms with Gasteiger partial charge in [0.25, 0.3) is 0 Å². The number of hydrogen-bond acceptors (Lipinski definition) is 5. The van der Waals surface area contributed by atoms with Crippen molar-refractivity contribution in [2.24, 2.45) is 0 Å². The molecule has 2 fully saturated rings. The molecule has 3 heterocycles. The van der Waals surface area contributed by atoms with Crippen molar-refractivity contribution in [1.82, 2.24) is 0 Å². The second-order valence-electron chi connectivity index (χ2n) is 5.70. The Hall–Kier alpha value is -0.880. The number of furan rings is 1. The molecule has 2 aliphatic rings. The molecule has 1 aromatic heterocycles. The highest BCUT2D eigenvalue weighted by atomic mass is 16.7. The summed E-state index contributed by atoms with van der Waals surface area (Å²) in [5.41, 5.74) is 0. The summed E-state index contributed by atoms with van der Waals surface area (Å²) in [5.74, 6) is -0.180. The lowest BCUT2D eigenvalue weighted by Crippen LogP contribution is -2.29. The molecular weight excluding hydrogens is 248 g/mol. The predicted molar refractivity (Wildman–Crippen MR) is 66.4 cm³/mol. The molecule has 0 aliphatic carbocycles. The minimum absolute atomic E-state index is 0.178. The molecule has 106 valence electrons. The fourth-order valence-corrected chi connectivity index (χ4v) is 2.58. The van der Waals surface area contributed by atoms with Crippen molar-refractivity contribution in [3.8, 4) is 0 Å². The Kier molecular flexibility index (Phi) is 3.17. The predicted octanol–water partition coefficient (Wildman–Crippen LogP) is 2.15. The highest BCUT2D eigenvalue weighted by Gasteiger charge is 2.37. The summed E-state index contributed by atoms with van der Waals surface area (Å²) < 4.78 is 22.3. The van der Waals surface area contributed by atoms with Gasteiger partial charge in [0.15, 0.2) is 11.6 Å². The molecule has 3 rings (SSSR count). The van der Waals surface area contributed by atoms with Crippen LogP contribution < -0.4 is 0 Å². The minimum Gasteiger partial charge on any atom is -0.463 e. The van der Waals surface area contributed by atoms with E-state index < -0.39 is 11.6 Å². The average molecular weight is 268 g/mol. The van der Waals surface area contributed by atoms with Crippen LogP contribution in [0.15, 0.2) is 16.5 Å². The first-order valence-corrected chi connectivity index (χ1v) is 6.73. The molecule has 0 radical (unpaired) electrons. The maximum absolute atomic E-state index is 10.2. The Morgan fingerprint density at radius 1 is 1.32 bits per heavy atom. The van der Waals surface area contributed by atoms with E-state index in [-0.39, 0.29) is 6.10 Å². The van der Waals surface area contributed by atoms with Gasteiger partial charge in [-0.15, -0.1) is 0 Å². The molecule has 2 atom stereocenters. The van der Waals surface area contributed by atoms with Gasteiger partial charge in [-0.1, -0.05) is 0 Å². The normalized spacial score (nSPS) is 33.9. The average Bonchev–Trinajstić information content (AvgIpc) is 3.00. The molecule has 0 bridgehead atoms. The Morgan fingerprint density at radius 3 is 2.79 bits per heavy atom. The molecule has 0 aromatic carbocycles. The van der Waals surface area contributed by atoms with Crippen molar-refractivity contribution >= 4 is 0 Å². The number of ether oxygens (including phenoxy) is 3. The summed E-state index contributed by atoms with van der Waals surface area (Å²) in [6.45, 7) is 4.86. The van der Waals surface area contributed by atoms with Crippen LogP contribution in [0.2, 0.25) is 0 Å². The van der Waals surface area contributed by atoms with Gasteiger partial charge in [0.1, 0.15) is 17.6 Å². The smallest absolute Gasteiger partial charge is 0.172 e. The highest BCUT2D eigenvalue weighted by molar-refractivity contribution is 5.12. The van der Waals surface area contributed by atoms with E-state index in [0.29, 0.717) is 31.8 Å². The van der Waals surface area contributed by atoms with E-state index in [9.17, 15) is 5.11 Å². The zero-order chi connectivity index (χ0) is 13.5. The van der Waals surface area contributed by atoms with Crippen LogP contribution in [0.1, 0.15) is 44.3 Å². The summed E-state index contributed by atoms with van der Waals surface area (Å²) in [6.07, 6.45) is 1.74. The number of rotatable bonds is 3. The third-order valence-electron chi connectivity index (χ3n) is 3.54. The lowest BCUT2D eigenvalue weighted by Gasteiger charge is -2.20. The van der Waals surface area contributed by atoms with E-state index in [1.807, 2.05) is 26.0 Å². The molecule has 5 heteroatoms. The van der Waals surface area contributed by atoms with Crippen molar-refractivity contribution in [2.75, 3.05) is 13.2 Å². The quantitative estimate of drug-likeness (QED) is 0.910. The molecule has 2 aliphatic heterocycles. The molecule has 1 aromatic rings. The van der Waals surface area contributed by atoms with Gasteiger partial charge in [-0.2, -0.15) is 0 Å². The maximum atomic E-state index is 10.2. The number of hydrogen-bond donors (Lipinski definition) is 1. The molecule has 2 saturated heterocycles. The van der Waals surface area contributed by atoms with E-state index in [4.69, 9.17) is 18.6 Å². The topological polar surface area (TPSA) is 61.1 Å². The maximum Gasteiger partial charge on any atom is 0.172 e. The first kappa shape index (κ1) is 13.1. The van der Waals surface area contributed by atoms with E-state index in [1.165, 1.54) is 0 Å². The van der Waals surface area contributed by atoms with Crippen molar-refractivity contribution in [2.45, 2.75) is 50.8 Å². The monoisotopic (exact) mass is 268 g/mol. The van der Waals surface area contributed by atoms with Crippen molar-refractivity contribution < 1.29 is 23.7 Å². The van der Waals surface area contributed by atoms with Crippen LogP contribution in [0.25, 0.3) is 0 Å². The first-order chi connectivity index (χ1) is 8.96. The largest absolute Gasteiger partial charge is 0.463 e. The minimum atomic E-state index is -1.07. The molecular formula is C14H20O5. The summed E-state index contributed by atoms with van der Waals surface area (Å²) in [5, 5.41) is 10.2. The summed E-state index contributed by atoms with van der Waals surface area (Å²) in [4.78, 5) is 0. The zero-order valence-corrected chi connectivity index (χ0v) is 11.3. The van der Waals surface area contributed by atoms with Crippen molar-refractivity contribution in [3.63, 3.8) is 0 Å². The van der Waals surface area contributed by atoms with Crippen LogP contribution in [-0.4, -0.2) is 29.9 Å². The molecule has 1 N–H and O–H groups in total. The van der Waals surface area contributed by atoms with Gasteiger partial charge < -0.3 is 23.7 Å². The van der Waals surface area contributed by atoms with Gasteiger partial charge in [-0.25, -0.2) is 0 Å². The second-order valence-corrected chi connectivity index (χ2v) is 5.70. The molecule has 1 unspecified atom stereocenters. The van der Waals surface area contributed by atoms with Gasteiger partial charge in [0.05, 0.1) is 19.6 Å². The molecule has 0 spiro atoms. The highest BCUT2D eigenvalue weighted by Crippen LogP contribution is 2.34. The fraction of sp³-hybridized carbons (Fsp3) is 0.714. The van der Waals surface area contributed by atoms with E-state index >= 15 is 0 Å². The molecule has 5 nitrogen and oxygen atoms in total. The standard InChI is InChI=1S/C14H20O5/c1-13(2)17-9-12(19-13)11-5-4-10(18-11)8-14(15)6-3-7-16-14/h4-5,12,15H,3,6-9H2,1-2H3/t12-,14?/m1/s1. The summed E-state index contributed by atoms with van der Waals surface area (Å²) in [7, 11) is 0. The van der Waals surface area contributed by atoms with Crippen LogP contribution in [0.5, 0.6) is 0 Å². The second kappa shape index (κ2) is 4.59. The van der Waals surface area contributed by atoms with Crippen LogP contribution >= 0.6 is 0 Å². The SMILES string of the molecule is CC1(C)OC[C@H](c2ccc(CC3(O)CCCO3)o2)O1. The van der Waals surface area contributed by atoms with Gasteiger partial charge in [0, 0.05) is 6.42 Å². The van der Waals surface area contributed by atoms with E-state index in [1.54, 1.807) is 0 Å². The van der Waals surface area contributed by atoms with Crippen LogP contribution in [0.3, 0.4) is 0 Å². The van der Waals surface area contributed by atoms with Gasteiger partial charge >= 0.3 is 0 Å².